The van der Waals surface area contributed by atoms with Gasteiger partial charge < -0.3 is 25.6 Å². The highest BCUT2D eigenvalue weighted by Crippen LogP contribution is 2.38. The van der Waals surface area contributed by atoms with E-state index in [9.17, 15) is 21.9 Å². The molecule has 0 aliphatic carbocycles. The van der Waals surface area contributed by atoms with Crippen molar-refractivity contribution in [3.8, 4) is 16.2 Å². The Morgan fingerprint density at radius 2 is 1.84 bits per heavy atom. The van der Waals surface area contributed by atoms with E-state index in [1.54, 1.807) is 46.0 Å². The number of thiophene rings is 1. The smallest absolute Gasteiger partial charge is 0.243 e. The molecular formula is C29H38N4O7S3. The molecule has 2 saturated heterocycles. The number of benzene rings is 2. The first kappa shape index (κ1) is 32.0. The topological polar surface area (TPSA) is 160 Å². The molecule has 3 heterocycles. The molecule has 5 N–H and O–H groups in total. The van der Waals surface area contributed by atoms with Gasteiger partial charge in [0.15, 0.2) is 0 Å². The number of rotatable bonds is 12. The molecule has 3 aromatic rings. The highest BCUT2D eigenvalue weighted by Gasteiger charge is 2.44. The van der Waals surface area contributed by atoms with Crippen molar-refractivity contribution in [2.24, 2.45) is 5.73 Å². The van der Waals surface area contributed by atoms with Crippen LogP contribution in [0.1, 0.15) is 24.1 Å². The van der Waals surface area contributed by atoms with Gasteiger partial charge in [-0.3, -0.25) is 0 Å². The van der Waals surface area contributed by atoms with Gasteiger partial charge in [0.1, 0.15) is 18.5 Å². The fourth-order valence-electron chi connectivity index (χ4n) is 5.46. The largest absolute Gasteiger partial charge is 0.491 e. The highest BCUT2D eigenvalue weighted by atomic mass is 32.2. The van der Waals surface area contributed by atoms with Gasteiger partial charge in [0, 0.05) is 48.0 Å². The van der Waals surface area contributed by atoms with Crippen molar-refractivity contribution in [3.63, 3.8) is 0 Å². The molecule has 2 fully saturated rings. The van der Waals surface area contributed by atoms with Crippen molar-refractivity contribution >= 4 is 31.4 Å². The number of hydrogen-bond donors (Lipinski definition) is 4. The molecule has 2 atom stereocenters. The second-order valence-corrected chi connectivity index (χ2v) is 15.8. The maximum absolute atomic E-state index is 13.5. The van der Waals surface area contributed by atoms with Crippen LogP contribution >= 0.6 is 11.3 Å². The van der Waals surface area contributed by atoms with E-state index < -0.39 is 31.8 Å². The van der Waals surface area contributed by atoms with E-state index in [2.05, 4.69) is 10.0 Å². The van der Waals surface area contributed by atoms with Gasteiger partial charge in [-0.25, -0.2) is 21.6 Å². The second kappa shape index (κ2) is 13.3. The first-order chi connectivity index (χ1) is 20.5. The molecule has 2 aromatic carbocycles. The average Bonchev–Trinajstić information content (AvgIpc) is 3.67. The van der Waals surface area contributed by atoms with Crippen LogP contribution in [-0.2, 0) is 31.3 Å². The summed E-state index contributed by atoms with van der Waals surface area (Å²) in [4.78, 5) is 2.39. The normalized spacial score (nSPS) is 19.9. The molecule has 1 unspecified atom stereocenters. The molecule has 14 heteroatoms. The van der Waals surface area contributed by atoms with Gasteiger partial charge in [-0.15, -0.1) is 11.3 Å². The van der Waals surface area contributed by atoms with E-state index >= 15 is 0 Å². The summed E-state index contributed by atoms with van der Waals surface area (Å²) in [6.45, 7) is 1.92. The summed E-state index contributed by atoms with van der Waals surface area (Å²) in [5, 5.41) is 13.8. The average molecular weight is 651 g/mol. The van der Waals surface area contributed by atoms with Crippen LogP contribution in [0.3, 0.4) is 0 Å². The number of aliphatic hydroxyl groups is 1. The quantitative estimate of drug-likeness (QED) is 0.230. The number of nitrogens with zero attached hydrogens (tertiary/aromatic N) is 1. The summed E-state index contributed by atoms with van der Waals surface area (Å²) in [5.74, 6) is 0.347. The minimum Gasteiger partial charge on any atom is -0.491 e. The zero-order valence-corrected chi connectivity index (χ0v) is 26.4. The summed E-state index contributed by atoms with van der Waals surface area (Å²) >= 11 is 1.56. The lowest BCUT2D eigenvalue weighted by atomic mass is 9.88. The summed E-state index contributed by atoms with van der Waals surface area (Å²) in [5.41, 5.74) is 6.19. The second-order valence-electron chi connectivity index (χ2n) is 10.9. The first-order valence-corrected chi connectivity index (χ1v) is 17.9. The number of nitrogens with one attached hydrogen (secondary N) is 2. The van der Waals surface area contributed by atoms with Crippen molar-refractivity contribution in [2.45, 2.75) is 53.3 Å². The summed E-state index contributed by atoms with van der Waals surface area (Å²) in [6.07, 6.45) is 1.08. The number of aliphatic hydroxyl groups excluding tert-OH is 1. The fraction of sp³-hybridized carbons (Fsp3) is 0.448. The number of hydrogen-bond acceptors (Lipinski definition) is 10. The third-order valence-electron chi connectivity index (χ3n) is 7.93. The third-order valence-corrected chi connectivity index (χ3v) is 12.4. The molecule has 1 spiro atoms. The van der Waals surface area contributed by atoms with Crippen LogP contribution in [-0.4, -0.2) is 83.9 Å². The zero-order chi connectivity index (χ0) is 30.7. The number of nitrogens with two attached hydrogens (primary N) is 1. The van der Waals surface area contributed by atoms with Crippen LogP contribution in [0.4, 0.5) is 0 Å². The molecule has 2 aliphatic heterocycles. The van der Waals surface area contributed by atoms with Gasteiger partial charge in [0.05, 0.1) is 22.0 Å². The van der Waals surface area contributed by atoms with Crippen LogP contribution in [0.15, 0.2) is 70.5 Å². The van der Waals surface area contributed by atoms with Gasteiger partial charge in [-0.1, -0.05) is 18.2 Å². The van der Waals surface area contributed by atoms with Crippen molar-refractivity contribution in [1.29, 1.82) is 0 Å². The minimum atomic E-state index is -3.66. The number of sulfonamides is 2. The predicted octanol–water partition coefficient (Wildman–Crippen LogP) is 2.12. The molecule has 0 radical (unpaired) electrons. The lowest BCUT2D eigenvalue weighted by molar-refractivity contribution is -0.0312. The Bertz CT molecular complexity index is 1620. The van der Waals surface area contributed by atoms with Gasteiger partial charge in [-0.2, -0.15) is 4.31 Å². The Morgan fingerprint density at radius 1 is 1.09 bits per heavy atom. The minimum absolute atomic E-state index is 0.0105. The Kier molecular flexibility index (Phi) is 9.90. The Balaban J connectivity index is 1.10. The maximum atomic E-state index is 13.5. The molecule has 43 heavy (non-hydrogen) atoms. The van der Waals surface area contributed by atoms with E-state index in [4.69, 9.17) is 15.2 Å². The van der Waals surface area contributed by atoms with Crippen LogP contribution < -0.4 is 20.5 Å². The Labute approximate surface area is 257 Å². The first-order valence-electron chi connectivity index (χ1n) is 14.1. The van der Waals surface area contributed by atoms with Crippen molar-refractivity contribution < 1.29 is 31.4 Å². The lowest BCUT2D eigenvalue weighted by Crippen LogP contribution is -2.47. The van der Waals surface area contributed by atoms with E-state index in [0.717, 1.165) is 21.7 Å². The number of piperidine rings is 1. The molecule has 0 amide bonds. The maximum Gasteiger partial charge on any atom is 0.243 e. The van der Waals surface area contributed by atoms with Gasteiger partial charge in [0.2, 0.25) is 20.0 Å². The van der Waals surface area contributed by atoms with E-state index in [-0.39, 0.29) is 29.0 Å². The van der Waals surface area contributed by atoms with Crippen LogP contribution in [0, 0.1) is 0 Å². The Hall–Kier alpha value is -2.40. The van der Waals surface area contributed by atoms with Gasteiger partial charge in [0.25, 0.3) is 0 Å². The fourth-order valence-corrected chi connectivity index (χ4v) is 8.60. The summed E-state index contributed by atoms with van der Waals surface area (Å²) < 4.78 is 66.6. The third kappa shape index (κ3) is 7.47. The van der Waals surface area contributed by atoms with Gasteiger partial charge in [-0.05, 0) is 68.3 Å². The monoisotopic (exact) mass is 650 g/mol. The van der Waals surface area contributed by atoms with Crippen molar-refractivity contribution in [3.05, 3.63) is 65.5 Å². The van der Waals surface area contributed by atoms with Crippen molar-refractivity contribution in [1.82, 2.24) is 14.3 Å². The zero-order valence-electron chi connectivity index (χ0n) is 23.9. The lowest BCUT2D eigenvalue weighted by Gasteiger charge is -2.38. The SMILES string of the molecule is CNS(=O)(=O)c1cccc(OC[C@@H](O)CNC2COC3(CCN(S(=O)(=O)c4cccc(-c5ccc(CN)s5)c4)CC3)C2)c1. The van der Waals surface area contributed by atoms with Crippen LogP contribution in [0.2, 0.25) is 0 Å². The highest BCUT2D eigenvalue weighted by molar-refractivity contribution is 7.89. The molecular weight excluding hydrogens is 613 g/mol. The molecule has 234 valence electrons. The molecule has 0 saturated carbocycles. The molecule has 5 rings (SSSR count). The van der Waals surface area contributed by atoms with Crippen molar-refractivity contribution in [2.75, 3.05) is 39.9 Å². The predicted molar refractivity (Wildman–Crippen MR) is 165 cm³/mol. The van der Waals surface area contributed by atoms with Gasteiger partial charge >= 0.3 is 0 Å². The van der Waals surface area contributed by atoms with Crippen LogP contribution in [0.25, 0.3) is 10.4 Å². The number of ether oxygens (including phenoxy) is 2. The summed E-state index contributed by atoms with van der Waals surface area (Å²) in [6, 6.07) is 17.1. The molecule has 11 nitrogen and oxygen atoms in total. The Morgan fingerprint density at radius 3 is 2.56 bits per heavy atom. The van der Waals surface area contributed by atoms with E-state index in [1.807, 2.05) is 18.2 Å². The molecule has 0 bridgehead atoms. The standard InChI is InChI=1S/C29H38N4O7S3/c1-31-42(35,36)26-6-3-5-24(15-26)39-20-23(34)18-32-22-16-29(40-19-22)10-12-33(13-11-29)43(37,38)27-7-2-4-21(14-27)28-9-8-25(17-30)41-28/h2-9,14-15,22-23,31-32,34H,10-13,16-20,30H2,1H3/t22?,23-/m0/s1. The molecule has 1 aromatic heterocycles. The summed E-state index contributed by atoms with van der Waals surface area (Å²) in [7, 11) is -5.91. The van der Waals surface area contributed by atoms with E-state index in [0.29, 0.717) is 44.8 Å². The van der Waals surface area contributed by atoms with Crippen LogP contribution in [0.5, 0.6) is 5.75 Å². The molecule has 2 aliphatic rings. The van der Waals surface area contributed by atoms with E-state index in [1.165, 1.54) is 19.2 Å².